The fourth-order valence-corrected chi connectivity index (χ4v) is 2.62. The minimum absolute atomic E-state index is 0. The second-order valence-electron chi connectivity index (χ2n) is 5.05. The minimum atomic E-state index is -0.272. The van der Waals surface area contributed by atoms with E-state index < -0.39 is 0 Å². The Balaban J connectivity index is 0.00000288. The molecule has 0 aliphatic carbocycles. The number of nitrogens with zero attached hydrogens (tertiary/aromatic N) is 2. The van der Waals surface area contributed by atoms with Gasteiger partial charge >= 0.3 is 0 Å². The van der Waals surface area contributed by atoms with Gasteiger partial charge in [0.05, 0.1) is 24.3 Å². The smallest absolute Gasteiger partial charge is 0.191 e. The zero-order valence-electron chi connectivity index (χ0n) is 13.9. The van der Waals surface area contributed by atoms with Crippen LogP contribution in [-0.2, 0) is 6.54 Å². The maximum Gasteiger partial charge on any atom is 0.191 e. The van der Waals surface area contributed by atoms with Gasteiger partial charge in [0.15, 0.2) is 5.96 Å². The van der Waals surface area contributed by atoms with E-state index in [0.29, 0.717) is 24.8 Å². The number of nitrogens with one attached hydrogen (secondary N) is 2. The predicted molar refractivity (Wildman–Crippen MR) is 107 cm³/mol. The highest BCUT2D eigenvalue weighted by Gasteiger charge is 2.07. The molecule has 2 N–H and O–H groups in total. The highest BCUT2D eigenvalue weighted by atomic mass is 127. The van der Waals surface area contributed by atoms with E-state index in [9.17, 15) is 4.39 Å². The molecule has 1 aromatic heterocycles. The lowest BCUT2D eigenvalue weighted by atomic mass is 10.3. The third-order valence-electron chi connectivity index (χ3n) is 3.19. The highest BCUT2D eigenvalue weighted by molar-refractivity contribution is 14.0. The van der Waals surface area contributed by atoms with Gasteiger partial charge in [0, 0.05) is 11.9 Å². The molecular formula is C16H22FIN4OS. The van der Waals surface area contributed by atoms with Crippen LogP contribution in [0.5, 0.6) is 5.75 Å². The monoisotopic (exact) mass is 464 g/mol. The molecule has 0 radical (unpaired) electrons. The van der Waals surface area contributed by atoms with Crippen molar-refractivity contribution in [2.45, 2.75) is 26.5 Å². The van der Waals surface area contributed by atoms with Crippen molar-refractivity contribution in [2.24, 2.45) is 4.99 Å². The zero-order valence-corrected chi connectivity index (χ0v) is 17.0. The Bertz CT molecular complexity index is 648. The van der Waals surface area contributed by atoms with Gasteiger partial charge in [0.25, 0.3) is 0 Å². The number of aryl methyl sites for hydroxylation is 1. The molecule has 2 aromatic rings. The first-order valence-corrected chi connectivity index (χ1v) is 8.22. The van der Waals surface area contributed by atoms with Crippen LogP contribution in [0.4, 0.5) is 4.39 Å². The van der Waals surface area contributed by atoms with Crippen molar-refractivity contribution >= 4 is 41.3 Å². The maximum atomic E-state index is 12.9. The van der Waals surface area contributed by atoms with Crippen LogP contribution >= 0.6 is 35.3 Å². The van der Waals surface area contributed by atoms with Crippen LogP contribution in [0.2, 0.25) is 0 Å². The fraction of sp³-hybridized carbons (Fsp3) is 0.375. The van der Waals surface area contributed by atoms with Crippen LogP contribution < -0.4 is 15.4 Å². The second-order valence-corrected chi connectivity index (χ2v) is 5.99. The Morgan fingerprint density at radius 2 is 2.04 bits per heavy atom. The summed E-state index contributed by atoms with van der Waals surface area (Å²) >= 11 is 1.62. The molecule has 0 spiro atoms. The summed E-state index contributed by atoms with van der Waals surface area (Å²) in [6.45, 7) is 5.20. The molecule has 1 heterocycles. The quantitative estimate of drug-likeness (QED) is 0.391. The molecule has 0 saturated heterocycles. The summed E-state index contributed by atoms with van der Waals surface area (Å²) < 4.78 is 18.6. The summed E-state index contributed by atoms with van der Waals surface area (Å²) in [6.07, 6.45) is -0.0795. The Labute approximate surface area is 162 Å². The molecule has 0 aliphatic rings. The predicted octanol–water partition coefficient (Wildman–Crippen LogP) is 3.34. The molecule has 0 amide bonds. The average molecular weight is 464 g/mol. The normalized spacial score (nSPS) is 12.2. The van der Waals surface area contributed by atoms with Crippen molar-refractivity contribution in [3.63, 3.8) is 0 Å². The average Bonchev–Trinajstić information content (AvgIpc) is 2.95. The molecular weight excluding hydrogens is 442 g/mol. The van der Waals surface area contributed by atoms with Crippen molar-refractivity contribution in [3.05, 3.63) is 46.2 Å². The van der Waals surface area contributed by atoms with Gasteiger partial charge in [-0.2, -0.15) is 0 Å². The van der Waals surface area contributed by atoms with E-state index in [1.54, 1.807) is 30.5 Å². The summed E-state index contributed by atoms with van der Waals surface area (Å²) in [6, 6.07) is 6.00. The van der Waals surface area contributed by atoms with E-state index in [0.717, 1.165) is 5.69 Å². The van der Waals surface area contributed by atoms with Crippen molar-refractivity contribution in [3.8, 4) is 5.75 Å². The van der Waals surface area contributed by atoms with Crippen molar-refractivity contribution in [2.75, 3.05) is 13.6 Å². The van der Waals surface area contributed by atoms with Crippen LogP contribution in [0.15, 0.2) is 34.8 Å². The molecule has 5 nitrogen and oxygen atoms in total. The van der Waals surface area contributed by atoms with Gasteiger partial charge in [0.1, 0.15) is 17.7 Å². The van der Waals surface area contributed by atoms with E-state index in [-0.39, 0.29) is 35.9 Å². The van der Waals surface area contributed by atoms with E-state index >= 15 is 0 Å². The number of hydrogen-bond donors (Lipinski definition) is 2. The number of guanidine groups is 1. The Morgan fingerprint density at radius 1 is 1.33 bits per heavy atom. The van der Waals surface area contributed by atoms with Crippen LogP contribution in [0, 0.1) is 12.7 Å². The van der Waals surface area contributed by atoms with E-state index in [1.165, 1.54) is 17.0 Å². The molecule has 0 fully saturated rings. The number of ether oxygens (including phenoxy) is 1. The summed E-state index contributed by atoms with van der Waals surface area (Å²) in [5.74, 6) is 1.07. The largest absolute Gasteiger partial charge is 0.489 e. The van der Waals surface area contributed by atoms with E-state index in [1.807, 2.05) is 19.4 Å². The third-order valence-corrected chi connectivity index (χ3v) is 4.13. The number of aromatic nitrogens is 1. The van der Waals surface area contributed by atoms with E-state index in [2.05, 4.69) is 20.6 Å². The first kappa shape index (κ1) is 20.6. The summed E-state index contributed by atoms with van der Waals surface area (Å²) in [5.41, 5.74) is 2.87. The molecule has 1 unspecified atom stereocenters. The first-order chi connectivity index (χ1) is 11.1. The van der Waals surface area contributed by atoms with Crippen LogP contribution in [0.1, 0.15) is 17.5 Å². The zero-order chi connectivity index (χ0) is 16.7. The van der Waals surface area contributed by atoms with E-state index in [4.69, 9.17) is 4.74 Å². The Kier molecular flexibility index (Phi) is 8.98. The lowest BCUT2D eigenvalue weighted by Crippen LogP contribution is -2.41. The van der Waals surface area contributed by atoms with Gasteiger partial charge < -0.3 is 15.4 Å². The molecule has 1 atom stereocenters. The van der Waals surface area contributed by atoms with Gasteiger partial charge in [0.2, 0.25) is 0 Å². The van der Waals surface area contributed by atoms with Gasteiger partial charge in [-0.3, -0.25) is 4.99 Å². The summed E-state index contributed by atoms with van der Waals surface area (Å²) in [5, 5.41) is 6.45. The van der Waals surface area contributed by atoms with Crippen molar-refractivity contribution < 1.29 is 9.13 Å². The van der Waals surface area contributed by atoms with Crippen molar-refractivity contribution in [1.29, 1.82) is 0 Å². The van der Waals surface area contributed by atoms with Crippen molar-refractivity contribution in [1.82, 2.24) is 15.6 Å². The van der Waals surface area contributed by atoms with Crippen LogP contribution in [0.25, 0.3) is 0 Å². The van der Waals surface area contributed by atoms with Crippen LogP contribution in [0.3, 0.4) is 0 Å². The van der Waals surface area contributed by atoms with Gasteiger partial charge in [-0.25, -0.2) is 9.37 Å². The molecule has 1 aromatic carbocycles. The number of hydrogen-bond acceptors (Lipinski definition) is 4. The SMILES string of the molecule is CN=C(NCc1scnc1C)NCC(C)Oc1ccc(F)cc1.I. The first-order valence-electron chi connectivity index (χ1n) is 7.34. The second kappa shape index (κ2) is 10.4. The third kappa shape index (κ3) is 6.60. The molecule has 0 bridgehead atoms. The molecule has 0 saturated carbocycles. The minimum Gasteiger partial charge on any atom is -0.489 e. The fourth-order valence-electron chi connectivity index (χ4n) is 1.91. The molecule has 0 aliphatic heterocycles. The molecule has 2 rings (SSSR count). The van der Waals surface area contributed by atoms with Gasteiger partial charge in [-0.05, 0) is 38.1 Å². The molecule has 8 heteroatoms. The number of thiazole rings is 1. The van der Waals surface area contributed by atoms with Gasteiger partial charge in [-0.1, -0.05) is 0 Å². The highest BCUT2D eigenvalue weighted by Crippen LogP contribution is 2.13. The van der Waals surface area contributed by atoms with Gasteiger partial charge in [-0.15, -0.1) is 35.3 Å². The molecule has 24 heavy (non-hydrogen) atoms. The molecule has 132 valence electrons. The topological polar surface area (TPSA) is 58.5 Å². The number of halogens is 2. The lowest BCUT2D eigenvalue weighted by molar-refractivity contribution is 0.223. The Morgan fingerprint density at radius 3 is 2.62 bits per heavy atom. The lowest BCUT2D eigenvalue weighted by Gasteiger charge is -2.17. The number of rotatable bonds is 6. The summed E-state index contributed by atoms with van der Waals surface area (Å²) in [7, 11) is 1.72. The maximum absolute atomic E-state index is 12.9. The standard InChI is InChI=1S/C16H21FN4OS.HI/c1-11(22-14-6-4-13(17)5-7-14)8-19-16(18-3)20-9-15-12(2)21-10-23-15;/h4-7,10-11H,8-9H2,1-3H3,(H2,18,19,20);1H. The Hall–Kier alpha value is -1.42. The number of aliphatic imine (C=N–C) groups is 1. The summed E-state index contributed by atoms with van der Waals surface area (Å²) in [4.78, 5) is 9.58. The van der Waals surface area contributed by atoms with Crippen LogP contribution in [-0.4, -0.2) is 30.6 Å². The number of benzene rings is 1.